The fraction of sp³-hybridized carbons (Fsp3) is 0.938. The van der Waals surface area contributed by atoms with Crippen molar-refractivity contribution in [1.82, 2.24) is 10.6 Å². The first-order chi connectivity index (χ1) is 10.5. The Balaban J connectivity index is 1.47. The van der Waals surface area contributed by atoms with Gasteiger partial charge in [0.25, 0.3) is 0 Å². The molecular weight excluding hydrogens is 300 g/mol. The van der Waals surface area contributed by atoms with Crippen LogP contribution in [0.5, 0.6) is 0 Å². The van der Waals surface area contributed by atoms with Gasteiger partial charge in [-0.1, -0.05) is 0 Å². The van der Waals surface area contributed by atoms with Gasteiger partial charge in [0.1, 0.15) is 0 Å². The van der Waals surface area contributed by atoms with E-state index in [9.17, 15) is 4.79 Å². The van der Waals surface area contributed by atoms with Gasteiger partial charge in [-0.15, -0.1) is 0 Å². The highest BCUT2D eigenvalue weighted by molar-refractivity contribution is 7.99. The highest BCUT2D eigenvalue weighted by Crippen LogP contribution is 2.38. The Morgan fingerprint density at radius 2 is 1.91 bits per heavy atom. The number of hydrogen-bond acceptors (Lipinski definition) is 4. The molecule has 0 saturated carbocycles. The second-order valence-corrected chi connectivity index (χ2v) is 8.17. The molecule has 0 aromatic heterocycles. The maximum Gasteiger partial charge on any atom is 0.315 e. The SMILES string of the molecule is C[C@@H]1CC(NC(=O)N[C@@H]2CCO[C@@]3(CCSC3)C2)C[C@@H](C)O1. The van der Waals surface area contributed by atoms with Gasteiger partial charge in [-0.3, -0.25) is 0 Å². The second kappa shape index (κ2) is 6.97. The van der Waals surface area contributed by atoms with Crippen LogP contribution in [0.1, 0.15) is 46.0 Å². The number of carbonyl (C=O) groups excluding carboxylic acids is 1. The Bertz CT molecular complexity index is 391. The molecule has 22 heavy (non-hydrogen) atoms. The van der Waals surface area contributed by atoms with Gasteiger partial charge in [-0.05, 0) is 51.7 Å². The number of rotatable bonds is 2. The molecule has 3 aliphatic rings. The van der Waals surface area contributed by atoms with Gasteiger partial charge < -0.3 is 20.1 Å². The predicted octanol–water partition coefficient (Wildman–Crippen LogP) is 2.30. The van der Waals surface area contributed by atoms with E-state index in [1.54, 1.807) is 0 Å². The molecule has 0 radical (unpaired) electrons. The predicted molar refractivity (Wildman–Crippen MR) is 88.3 cm³/mol. The van der Waals surface area contributed by atoms with E-state index in [0.717, 1.165) is 44.5 Å². The molecule has 0 aromatic carbocycles. The summed E-state index contributed by atoms with van der Waals surface area (Å²) >= 11 is 1.96. The van der Waals surface area contributed by atoms with Gasteiger partial charge in [-0.25, -0.2) is 4.79 Å². The topological polar surface area (TPSA) is 59.6 Å². The van der Waals surface area contributed by atoms with Crippen LogP contribution in [-0.4, -0.2) is 54.0 Å². The summed E-state index contributed by atoms with van der Waals surface area (Å²) in [6, 6.07) is 0.427. The summed E-state index contributed by atoms with van der Waals surface area (Å²) in [5, 5.41) is 6.30. The largest absolute Gasteiger partial charge is 0.375 e. The number of nitrogens with one attached hydrogen (secondary N) is 2. The molecule has 3 aliphatic heterocycles. The third-order valence-electron chi connectivity index (χ3n) is 4.93. The summed E-state index contributed by atoms with van der Waals surface area (Å²) in [6.07, 6.45) is 5.21. The lowest BCUT2D eigenvalue weighted by molar-refractivity contribution is -0.0686. The average molecular weight is 328 g/mol. The Kier molecular flexibility index (Phi) is 5.20. The molecule has 4 atom stereocenters. The first kappa shape index (κ1) is 16.4. The number of hydrogen-bond donors (Lipinski definition) is 2. The van der Waals surface area contributed by atoms with Gasteiger partial charge >= 0.3 is 6.03 Å². The van der Waals surface area contributed by atoms with Gasteiger partial charge in [-0.2, -0.15) is 11.8 Å². The summed E-state index contributed by atoms with van der Waals surface area (Å²) in [5.74, 6) is 2.25. The highest BCUT2D eigenvalue weighted by atomic mass is 32.2. The van der Waals surface area contributed by atoms with Crippen molar-refractivity contribution in [2.45, 2.75) is 75.8 Å². The van der Waals surface area contributed by atoms with Crippen molar-refractivity contribution in [2.75, 3.05) is 18.1 Å². The van der Waals surface area contributed by atoms with E-state index in [2.05, 4.69) is 24.5 Å². The zero-order chi connectivity index (χ0) is 15.6. The van der Waals surface area contributed by atoms with Crippen molar-refractivity contribution >= 4 is 17.8 Å². The monoisotopic (exact) mass is 328 g/mol. The van der Waals surface area contributed by atoms with Crippen LogP contribution in [-0.2, 0) is 9.47 Å². The summed E-state index contributed by atoms with van der Waals surface area (Å²) < 4.78 is 11.7. The number of amides is 2. The van der Waals surface area contributed by atoms with Crippen LogP contribution >= 0.6 is 11.8 Å². The minimum Gasteiger partial charge on any atom is -0.375 e. The van der Waals surface area contributed by atoms with Crippen molar-refractivity contribution in [1.29, 1.82) is 0 Å². The summed E-state index contributed by atoms with van der Waals surface area (Å²) in [4.78, 5) is 12.3. The molecule has 0 unspecified atom stereocenters. The maximum absolute atomic E-state index is 12.3. The summed E-state index contributed by atoms with van der Waals surface area (Å²) in [5.41, 5.74) is 0.0164. The molecule has 0 aromatic rings. The Hall–Kier alpha value is -0.460. The lowest BCUT2D eigenvalue weighted by atomic mass is 9.90. The first-order valence-corrected chi connectivity index (χ1v) is 9.64. The van der Waals surface area contributed by atoms with Gasteiger partial charge in [0, 0.05) is 24.4 Å². The molecule has 126 valence electrons. The minimum atomic E-state index is -0.0287. The quantitative estimate of drug-likeness (QED) is 0.816. The Morgan fingerprint density at radius 1 is 1.18 bits per heavy atom. The molecule has 3 saturated heterocycles. The molecule has 5 nitrogen and oxygen atoms in total. The van der Waals surface area contributed by atoms with Crippen LogP contribution in [0.15, 0.2) is 0 Å². The van der Waals surface area contributed by atoms with Crippen molar-refractivity contribution in [3.05, 3.63) is 0 Å². The number of thioether (sulfide) groups is 1. The molecule has 0 aliphatic carbocycles. The molecule has 3 fully saturated rings. The van der Waals surface area contributed by atoms with Crippen molar-refractivity contribution in [3.8, 4) is 0 Å². The molecule has 2 amide bonds. The van der Waals surface area contributed by atoms with Crippen molar-refractivity contribution < 1.29 is 14.3 Å². The molecule has 6 heteroatoms. The van der Waals surface area contributed by atoms with Crippen LogP contribution in [0.4, 0.5) is 4.79 Å². The van der Waals surface area contributed by atoms with E-state index < -0.39 is 0 Å². The van der Waals surface area contributed by atoms with Gasteiger partial charge in [0.15, 0.2) is 0 Å². The fourth-order valence-corrected chi connectivity index (χ4v) is 5.33. The van der Waals surface area contributed by atoms with E-state index in [1.807, 2.05) is 11.8 Å². The van der Waals surface area contributed by atoms with E-state index in [4.69, 9.17) is 9.47 Å². The summed E-state index contributed by atoms with van der Waals surface area (Å²) in [6.45, 7) is 4.90. The first-order valence-electron chi connectivity index (χ1n) is 8.49. The van der Waals surface area contributed by atoms with Crippen LogP contribution < -0.4 is 10.6 Å². The van der Waals surface area contributed by atoms with Gasteiger partial charge in [0.2, 0.25) is 0 Å². The maximum atomic E-state index is 12.3. The molecule has 3 rings (SSSR count). The number of carbonyl (C=O) groups is 1. The lowest BCUT2D eigenvalue weighted by Gasteiger charge is -2.38. The van der Waals surface area contributed by atoms with Crippen molar-refractivity contribution in [2.24, 2.45) is 0 Å². The molecule has 1 spiro atoms. The standard InChI is InChI=1S/C16H28N2O3S/c1-11-7-14(8-12(2)21-11)18-15(19)17-13-3-5-20-16(9-13)4-6-22-10-16/h11-14H,3-10H2,1-2H3,(H2,17,18,19)/t11-,12-,13-,16+/m1/s1. The second-order valence-electron chi connectivity index (χ2n) is 7.07. The Morgan fingerprint density at radius 3 is 2.59 bits per heavy atom. The smallest absolute Gasteiger partial charge is 0.315 e. The number of urea groups is 1. The highest BCUT2D eigenvalue weighted by Gasteiger charge is 2.41. The van der Waals surface area contributed by atoms with E-state index >= 15 is 0 Å². The fourth-order valence-electron chi connectivity index (χ4n) is 3.95. The average Bonchev–Trinajstić information content (AvgIpc) is 2.85. The van der Waals surface area contributed by atoms with Crippen LogP contribution in [0, 0.1) is 0 Å². The van der Waals surface area contributed by atoms with Crippen LogP contribution in [0.25, 0.3) is 0 Å². The van der Waals surface area contributed by atoms with Gasteiger partial charge in [0.05, 0.1) is 17.8 Å². The molecule has 0 bridgehead atoms. The Labute approximate surface area is 137 Å². The van der Waals surface area contributed by atoms with Crippen molar-refractivity contribution in [3.63, 3.8) is 0 Å². The third kappa shape index (κ3) is 4.09. The summed E-state index contributed by atoms with van der Waals surface area (Å²) in [7, 11) is 0. The molecule has 2 N–H and O–H groups in total. The van der Waals surface area contributed by atoms with E-state index in [1.165, 1.54) is 5.75 Å². The number of ether oxygens (including phenoxy) is 2. The zero-order valence-electron chi connectivity index (χ0n) is 13.6. The normalized spacial score (nSPS) is 42.3. The molecular formula is C16H28N2O3S. The van der Waals surface area contributed by atoms with E-state index in [-0.39, 0.29) is 35.9 Å². The minimum absolute atomic E-state index is 0.0164. The van der Waals surface area contributed by atoms with Crippen LogP contribution in [0.3, 0.4) is 0 Å². The van der Waals surface area contributed by atoms with E-state index in [0.29, 0.717) is 0 Å². The zero-order valence-corrected chi connectivity index (χ0v) is 14.4. The molecule has 3 heterocycles. The van der Waals surface area contributed by atoms with Crippen LogP contribution in [0.2, 0.25) is 0 Å². The third-order valence-corrected chi connectivity index (χ3v) is 6.15. The lowest BCUT2D eigenvalue weighted by Crippen LogP contribution is -2.53.